The fourth-order valence-corrected chi connectivity index (χ4v) is 3.06. The topological polar surface area (TPSA) is 74.7 Å². The molecule has 0 aliphatic heterocycles. The van der Waals surface area contributed by atoms with Gasteiger partial charge in [0, 0.05) is 24.8 Å². The van der Waals surface area contributed by atoms with Crippen LogP contribution in [0, 0.1) is 11.7 Å². The highest BCUT2D eigenvalue weighted by Crippen LogP contribution is 2.30. The highest BCUT2D eigenvalue weighted by molar-refractivity contribution is 5.96. The largest absolute Gasteiger partial charge is 0.489 e. The van der Waals surface area contributed by atoms with Gasteiger partial charge < -0.3 is 14.2 Å². The van der Waals surface area contributed by atoms with Crippen molar-refractivity contribution in [3.63, 3.8) is 0 Å². The van der Waals surface area contributed by atoms with E-state index in [9.17, 15) is 14.0 Å². The zero-order chi connectivity index (χ0) is 22.5. The van der Waals surface area contributed by atoms with E-state index in [2.05, 4.69) is 9.72 Å². The molecule has 7 heteroatoms. The first-order chi connectivity index (χ1) is 15.5. The summed E-state index contributed by atoms with van der Waals surface area (Å²) in [5.74, 6) is -0.696. The Kier molecular flexibility index (Phi) is 6.44. The van der Waals surface area contributed by atoms with Crippen LogP contribution < -0.4 is 9.47 Å². The lowest BCUT2D eigenvalue weighted by Crippen LogP contribution is -2.11. The van der Waals surface area contributed by atoms with Crippen molar-refractivity contribution in [2.75, 3.05) is 6.61 Å². The molecular formula is C25H22FNO5. The summed E-state index contributed by atoms with van der Waals surface area (Å²) in [4.78, 5) is 26.9. The second-order valence-electron chi connectivity index (χ2n) is 7.65. The fourth-order valence-electron chi connectivity index (χ4n) is 3.06. The SMILES string of the molecule is CC(=O)OC(=O)c1ccc(COc2cccc(-c3ccc(OCC4CC4)nc3)c2)cc1F. The van der Waals surface area contributed by atoms with E-state index < -0.39 is 17.8 Å². The summed E-state index contributed by atoms with van der Waals surface area (Å²) in [5.41, 5.74) is 2.08. The Bertz CT molecular complexity index is 1130. The van der Waals surface area contributed by atoms with Crippen LogP contribution in [0.5, 0.6) is 11.6 Å². The highest BCUT2D eigenvalue weighted by atomic mass is 19.1. The summed E-state index contributed by atoms with van der Waals surface area (Å²) in [6, 6.07) is 15.3. The van der Waals surface area contributed by atoms with E-state index in [1.165, 1.54) is 25.0 Å². The molecule has 1 fully saturated rings. The van der Waals surface area contributed by atoms with E-state index in [0.717, 1.165) is 24.7 Å². The maximum absolute atomic E-state index is 14.2. The molecule has 1 aromatic heterocycles. The maximum atomic E-state index is 14.2. The molecule has 4 rings (SSSR count). The van der Waals surface area contributed by atoms with Gasteiger partial charge in [-0.1, -0.05) is 18.2 Å². The molecule has 0 bridgehead atoms. The third kappa shape index (κ3) is 5.69. The molecule has 1 saturated carbocycles. The number of esters is 2. The number of hydrogen-bond acceptors (Lipinski definition) is 6. The number of rotatable bonds is 8. The Morgan fingerprint density at radius 2 is 1.88 bits per heavy atom. The van der Waals surface area contributed by atoms with Gasteiger partial charge in [0.25, 0.3) is 0 Å². The fraction of sp³-hybridized carbons (Fsp3) is 0.240. The standard InChI is InChI=1S/C25H22FNO5/c1-16(28)32-25(29)22-9-7-18(11-23(22)26)15-30-21-4-2-3-19(12-21)20-8-10-24(27-13-20)31-14-17-5-6-17/h2-4,7-13,17H,5-6,14-15H2,1H3. The molecule has 0 N–H and O–H groups in total. The predicted molar refractivity (Wildman–Crippen MR) is 115 cm³/mol. The van der Waals surface area contributed by atoms with Gasteiger partial charge >= 0.3 is 11.9 Å². The van der Waals surface area contributed by atoms with Crippen LogP contribution in [0.25, 0.3) is 11.1 Å². The number of nitrogens with zero attached hydrogens (tertiary/aromatic N) is 1. The molecule has 0 amide bonds. The van der Waals surface area contributed by atoms with Crippen molar-refractivity contribution < 1.29 is 28.2 Å². The van der Waals surface area contributed by atoms with E-state index in [1.54, 1.807) is 18.3 Å². The summed E-state index contributed by atoms with van der Waals surface area (Å²) in [6.45, 7) is 1.91. The van der Waals surface area contributed by atoms with Gasteiger partial charge in [0.2, 0.25) is 5.88 Å². The molecule has 1 aliphatic carbocycles. The zero-order valence-electron chi connectivity index (χ0n) is 17.5. The quantitative estimate of drug-likeness (QED) is 0.368. The second kappa shape index (κ2) is 9.60. The van der Waals surface area contributed by atoms with Gasteiger partial charge in [-0.05, 0) is 60.2 Å². The number of pyridine rings is 1. The van der Waals surface area contributed by atoms with Crippen LogP contribution in [0.3, 0.4) is 0 Å². The number of carbonyl (C=O) groups is 2. The van der Waals surface area contributed by atoms with Crippen molar-refractivity contribution >= 4 is 11.9 Å². The summed E-state index contributed by atoms with van der Waals surface area (Å²) in [6.07, 6.45) is 4.22. The molecule has 0 spiro atoms. The van der Waals surface area contributed by atoms with Gasteiger partial charge in [-0.25, -0.2) is 14.2 Å². The third-order valence-electron chi connectivity index (χ3n) is 4.96. The van der Waals surface area contributed by atoms with E-state index >= 15 is 0 Å². The highest BCUT2D eigenvalue weighted by Gasteiger charge is 2.22. The number of aromatic nitrogens is 1. The van der Waals surface area contributed by atoms with Crippen LogP contribution in [0.4, 0.5) is 4.39 Å². The first-order valence-corrected chi connectivity index (χ1v) is 10.3. The predicted octanol–water partition coefficient (Wildman–Crippen LogP) is 4.96. The lowest BCUT2D eigenvalue weighted by Gasteiger charge is -2.10. The first kappa shape index (κ1) is 21.5. The second-order valence-corrected chi connectivity index (χ2v) is 7.65. The zero-order valence-corrected chi connectivity index (χ0v) is 17.5. The summed E-state index contributed by atoms with van der Waals surface area (Å²) < 4.78 is 30.1. The average Bonchev–Trinajstić information content (AvgIpc) is 3.61. The molecule has 32 heavy (non-hydrogen) atoms. The molecule has 0 radical (unpaired) electrons. The third-order valence-corrected chi connectivity index (χ3v) is 4.96. The molecule has 0 atom stereocenters. The van der Waals surface area contributed by atoms with Crippen molar-refractivity contribution in [2.24, 2.45) is 5.92 Å². The number of carbonyl (C=O) groups excluding carboxylic acids is 2. The summed E-state index contributed by atoms with van der Waals surface area (Å²) >= 11 is 0. The van der Waals surface area contributed by atoms with Crippen molar-refractivity contribution in [2.45, 2.75) is 26.4 Å². The van der Waals surface area contributed by atoms with Gasteiger partial charge in [0.05, 0.1) is 12.2 Å². The Morgan fingerprint density at radius 3 is 2.56 bits per heavy atom. The minimum atomic E-state index is -1.02. The van der Waals surface area contributed by atoms with E-state index in [1.807, 2.05) is 30.3 Å². The number of benzene rings is 2. The molecular weight excluding hydrogens is 413 g/mol. The Labute approximate surface area is 185 Å². The monoisotopic (exact) mass is 435 g/mol. The molecule has 0 saturated heterocycles. The number of halogens is 1. The summed E-state index contributed by atoms with van der Waals surface area (Å²) in [5, 5.41) is 0. The Morgan fingerprint density at radius 1 is 1.03 bits per heavy atom. The molecule has 1 aliphatic rings. The maximum Gasteiger partial charge on any atom is 0.348 e. The molecule has 1 heterocycles. The molecule has 2 aromatic carbocycles. The van der Waals surface area contributed by atoms with Crippen molar-refractivity contribution in [3.05, 3.63) is 77.7 Å². The van der Waals surface area contributed by atoms with Crippen molar-refractivity contribution in [3.8, 4) is 22.8 Å². The minimum absolute atomic E-state index is 0.106. The molecule has 6 nitrogen and oxygen atoms in total. The molecule has 164 valence electrons. The van der Waals surface area contributed by atoms with E-state index in [-0.39, 0.29) is 12.2 Å². The van der Waals surface area contributed by atoms with Gasteiger partial charge in [-0.3, -0.25) is 4.79 Å². The minimum Gasteiger partial charge on any atom is -0.489 e. The van der Waals surface area contributed by atoms with Crippen LogP contribution in [-0.4, -0.2) is 23.5 Å². The van der Waals surface area contributed by atoms with E-state index in [4.69, 9.17) is 9.47 Å². The Balaban J connectivity index is 1.38. The van der Waals surface area contributed by atoms with Crippen molar-refractivity contribution in [1.82, 2.24) is 4.98 Å². The number of ether oxygens (including phenoxy) is 3. The first-order valence-electron chi connectivity index (χ1n) is 10.3. The van der Waals surface area contributed by atoms with E-state index in [0.29, 0.717) is 23.1 Å². The van der Waals surface area contributed by atoms with Crippen LogP contribution in [0.1, 0.15) is 35.7 Å². The lowest BCUT2D eigenvalue weighted by molar-refractivity contribution is -0.135. The smallest absolute Gasteiger partial charge is 0.348 e. The average molecular weight is 435 g/mol. The van der Waals surface area contributed by atoms with Gasteiger partial charge in [-0.15, -0.1) is 0 Å². The lowest BCUT2D eigenvalue weighted by atomic mass is 10.1. The van der Waals surface area contributed by atoms with Gasteiger partial charge in [-0.2, -0.15) is 0 Å². The van der Waals surface area contributed by atoms with Gasteiger partial charge in [0.15, 0.2) is 0 Å². The van der Waals surface area contributed by atoms with Crippen LogP contribution in [-0.2, 0) is 16.1 Å². The Hall–Kier alpha value is -3.74. The van der Waals surface area contributed by atoms with Crippen LogP contribution in [0.15, 0.2) is 60.8 Å². The molecule has 3 aromatic rings. The van der Waals surface area contributed by atoms with Crippen molar-refractivity contribution in [1.29, 1.82) is 0 Å². The normalized spacial score (nSPS) is 12.8. The summed E-state index contributed by atoms with van der Waals surface area (Å²) in [7, 11) is 0. The number of hydrogen-bond donors (Lipinski definition) is 0. The van der Waals surface area contributed by atoms with Gasteiger partial charge in [0.1, 0.15) is 18.2 Å². The van der Waals surface area contributed by atoms with Crippen LogP contribution >= 0.6 is 0 Å². The van der Waals surface area contributed by atoms with Crippen LogP contribution in [0.2, 0.25) is 0 Å². The molecule has 0 unspecified atom stereocenters.